The molecule has 4 heteroatoms. The number of hydrogen-bond acceptors (Lipinski definition) is 2. The van der Waals surface area contributed by atoms with Gasteiger partial charge in [-0.1, -0.05) is 11.6 Å². The fourth-order valence-corrected chi connectivity index (χ4v) is 3.64. The van der Waals surface area contributed by atoms with Gasteiger partial charge in [0.15, 0.2) is 0 Å². The Morgan fingerprint density at radius 1 is 1.26 bits per heavy atom. The summed E-state index contributed by atoms with van der Waals surface area (Å²) in [6.07, 6.45) is 3.22. The van der Waals surface area contributed by atoms with Gasteiger partial charge in [0.25, 0.3) is 5.91 Å². The Morgan fingerprint density at radius 2 is 2.00 bits per heavy atom. The standard InChI is InChI=1S/C15H18ClNO2/c16-12-3-1-10(2-4-12)15(19)17-14-7-11-5-9(8-18)6-13(11)14/h1-4,9,11,13-14,18H,5-8H2,(H,17,19)/t9?,11-,13-,14+/m1/s1. The van der Waals surface area contributed by atoms with E-state index in [1.807, 2.05) is 0 Å². The summed E-state index contributed by atoms with van der Waals surface area (Å²) in [6.45, 7) is 0.283. The van der Waals surface area contributed by atoms with Crippen molar-refractivity contribution in [1.82, 2.24) is 5.32 Å². The number of carbonyl (C=O) groups is 1. The fraction of sp³-hybridized carbons (Fsp3) is 0.533. The molecule has 2 aliphatic rings. The van der Waals surface area contributed by atoms with Crippen molar-refractivity contribution in [2.24, 2.45) is 17.8 Å². The number of amides is 1. The van der Waals surface area contributed by atoms with Crippen molar-refractivity contribution in [2.45, 2.75) is 25.3 Å². The molecule has 0 spiro atoms. The Labute approximate surface area is 118 Å². The lowest BCUT2D eigenvalue weighted by Crippen LogP contribution is -2.50. The van der Waals surface area contributed by atoms with Crippen LogP contribution in [0.3, 0.4) is 0 Å². The lowest BCUT2D eigenvalue weighted by atomic mass is 9.71. The highest BCUT2D eigenvalue weighted by atomic mass is 35.5. The van der Waals surface area contributed by atoms with Crippen LogP contribution in [0.15, 0.2) is 24.3 Å². The Morgan fingerprint density at radius 3 is 2.68 bits per heavy atom. The molecule has 0 radical (unpaired) electrons. The van der Waals surface area contributed by atoms with Crippen molar-refractivity contribution >= 4 is 17.5 Å². The molecule has 2 saturated carbocycles. The lowest BCUT2D eigenvalue weighted by molar-refractivity contribution is 0.0806. The van der Waals surface area contributed by atoms with Crippen molar-refractivity contribution in [3.8, 4) is 0 Å². The highest BCUT2D eigenvalue weighted by Gasteiger charge is 2.47. The Hall–Kier alpha value is -1.06. The predicted octanol–water partition coefficient (Wildman–Crippen LogP) is 2.48. The summed E-state index contributed by atoms with van der Waals surface area (Å²) in [7, 11) is 0. The van der Waals surface area contributed by atoms with Crippen LogP contribution in [0.2, 0.25) is 5.02 Å². The molecule has 1 amide bonds. The Bertz CT molecular complexity index is 474. The fourth-order valence-electron chi connectivity index (χ4n) is 3.51. The maximum Gasteiger partial charge on any atom is 0.251 e. The monoisotopic (exact) mass is 279 g/mol. The number of aliphatic hydroxyl groups excluding tert-OH is 1. The smallest absolute Gasteiger partial charge is 0.251 e. The van der Waals surface area contributed by atoms with Gasteiger partial charge in [0, 0.05) is 23.2 Å². The topological polar surface area (TPSA) is 49.3 Å². The zero-order valence-electron chi connectivity index (χ0n) is 10.7. The summed E-state index contributed by atoms with van der Waals surface area (Å²) in [5.74, 6) is 1.68. The number of halogens is 1. The van der Waals surface area contributed by atoms with E-state index in [0.29, 0.717) is 28.3 Å². The highest BCUT2D eigenvalue weighted by molar-refractivity contribution is 6.30. The normalized spacial score (nSPS) is 32.5. The first-order chi connectivity index (χ1) is 9.17. The van der Waals surface area contributed by atoms with Crippen LogP contribution in [-0.2, 0) is 0 Å². The summed E-state index contributed by atoms with van der Waals surface area (Å²) >= 11 is 5.81. The molecule has 3 nitrogen and oxygen atoms in total. The Balaban J connectivity index is 1.58. The molecule has 4 atom stereocenters. The molecule has 2 fully saturated rings. The largest absolute Gasteiger partial charge is 0.396 e. The van der Waals surface area contributed by atoms with Gasteiger partial charge in [-0.3, -0.25) is 4.79 Å². The van der Waals surface area contributed by atoms with E-state index in [1.54, 1.807) is 24.3 Å². The Kier molecular flexibility index (Phi) is 3.50. The third-order valence-electron chi connectivity index (χ3n) is 4.60. The molecule has 3 rings (SSSR count). The number of carbonyl (C=O) groups excluding carboxylic acids is 1. The van der Waals surface area contributed by atoms with Gasteiger partial charge >= 0.3 is 0 Å². The van der Waals surface area contributed by atoms with E-state index >= 15 is 0 Å². The molecular formula is C15H18ClNO2. The van der Waals surface area contributed by atoms with Crippen LogP contribution in [-0.4, -0.2) is 23.7 Å². The molecule has 1 aromatic carbocycles. The van der Waals surface area contributed by atoms with Crippen molar-refractivity contribution in [3.05, 3.63) is 34.9 Å². The zero-order chi connectivity index (χ0) is 13.4. The molecule has 0 heterocycles. The maximum absolute atomic E-state index is 12.1. The molecular weight excluding hydrogens is 262 g/mol. The van der Waals surface area contributed by atoms with Crippen LogP contribution in [0, 0.1) is 17.8 Å². The summed E-state index contributed by atoms with van der Waals surface area (Å²) in [5.41, 5.74) is 0.657. The average Bonchev–Trinajstić information content (AvgIpc) is 2.73. The van der Waals surface area contributed by atoms with Crippen LogP contribution < -0.4 is 5.32 Å². The van der Waals surface area contributed by atoms with Gasteiger partial charge in [-0.2, -0.15) is 0 Å². The van der Waals surface area contributed by atoms with E-state index in [1.165, 1.54) is 0 Å². The predicted molar refractivity (Wildman–Crippen MR) is 74.1 cm³/mol. The van der Waals surface area contributed by atoms with E-state index in [2.05, 4.69) is 5.32 Å². The minimum absolute atomic E-state index is 0.0208. The summed E-state index contributed by atoms with van der Waals surface area (Å²) < 4.78 is 0. The average molecular weight is 280 g/mol. The number of aliphatic hydroxyl groups is 1. The molecule has 0 aliphatic heterocycles. The molecule has 1 aromatic rings. The quantitative estimate of drug-likeness (QED) is 0.893. The molecule has 0 aromatic heterocycles. The second-order valence-electron chi connectivity index (χ2n) is 5.77. The van der Waals surface area contributed by atoms with E-state index < -0.39 is 0 Å². The van der Waals surface area contributed by atoms with Crippen molar-refractivity contribution in [1.29, 1.82) is 0 Å². The van der Waals surface area contributed by atoms with Crippen molar-refractivity contribution in [2.75, 3.05) is 6.61 Å². The van der Waals surface area contributed by atoms with Crippen LogP contribution in [0.4, 0.5) is 0 Å². The van der Waals surface area contributed by atoms with E-state index in [0.717, 1.165) is 19.3 Å². The van der Waals surface area contributed by atoms with Gasteiger partial charge in [-0.25, -0.2) is 0 Å². The van der Waals surface area contributed by atoms with Crippen LogP contribution in [0.5, 0.6) is 0 Å². The first-order valence-electron chi connectivity index (χ1n) is 6.84. The minimum atomic E-state index is -0.0208. The van der Waals surface area contributed by atoms with Gasteiger partial charge < -0.3 is 10.4 Å². The number of nitrogens with one attached hydrogen (secondary N) is 1. The van der Waals surface area contributed by atoms with Crippen LogP contribution in [0.25, 0.3) is 0 Å². The van der Waals surface area contributed by atoms with Crippen molar-refractivity contribution in [3.63, 3.8) is 0 Å². The van der Waals surface area contributed by atoms with Gasteiger partial charge in [0.05, 0.1) is 0 Å². The highest BCUT2D eigenvalue weighted by Crippen LogP contribution is 2.49. The summed E-state index contributed by atoms with van der Waals surface area (Å²) in [5, 5.41) is 12.9. The number of hydrogen-bond donors (Lipinski definition) is 2. The molecule has 0 bridgehead atoms. The molecule has 2 N–H and O–H groups in total. The number of fused-ring (bicyclic) bond motifs is 1. The van der Waals surface area contributed by atoms with E-state index in [-0.39, 0.29) is 18.6 Å². The number of benzene rings is 1. The first kappa shape index (κ1) is 12.9. The lowest BCUT2D eigenvalue weighted by Gasteiger charge is -2.40. The molecule has 1 unspecified atom stereocenters. The number of rotatable bonds is 3. The van der Waals surface area contributed by atoms with E-state index in [4.69, 9.17) is 11.6 Å². The third kappa shape index (κ3) is 2.49. The van der Waals surface area contributed by atoms with Crippen molar-refractivity contribution < 1.29 is 9.90 Å². The SMILES string of the molecule is O=C(N[C@H]1C[C@H]2CC(CO)C[C@H]21)c1ccc(Cl)cc1. The third-order valence-corrected chi connectivity index (χ3v) is 4.85. The molecule has 2 aliphatic carbocycles. The molecule has 0 saturated heterocycles. The van der Waals surface area contributed by atoms with Gasteiger partial charge in [0.2, 0.25) is 0 Å². The van der Waals surface area contributed by atoms with Gasteiger partial charge in [-0.15, -0.1) is 0 Å². The van der Waals surface area contributed by atoms with Crippen LogP contribution >= 0.6 is 11.6 Å². The van der Waals surface area contributed by atoms with Crippen LogP contribution in [0.1, 0.15) is 29.6 Å². The first-order valence-corrected chi connectivity index (χ1v) is 7.22. The maximum atomic E-state index is 12.1. The summed E-state index contributed by atoms with van der Waals surface area (Å²) in [6, 6.07) is 7.25. The molecule has 19 heavy (non-hydrogen) atoms. The van der Waals surface area contributed by atoms with Gasteiger partial charge in [0.1, 0.15) is 0 Å². The zero-order valence-corrected chi connectivity index (χ0v) is 11.4. The second-order valence-corrected chi connectivity index (χ2v) is 6.20. The summed E-state index contributed by atoms with van der Waals surface area (Å²) in [4.78, 5) is 12.1. The molecule has 102 valence electrons. The van der Waals surface area contributed by atoms with Gasteiger partial charge in [-0.05, 0) is 61.3 Å². The minimum Gasteiger partial charge on any atom is -0.396 e. The second kappa shape index (κ2) is 5.14. The van der Waals surface area contributed by atoms with E-state index in [9.17, 15) is 9.90 Å².